The van der Waals surface area contributed by atoms with Crippen LogP contribution in [0.4, 0.5) is 0 Å². The van der Waals surface area contributed by atoms with Gasteiger partial charge in [0.25, 0.3) is 5.43 Å². The van der Waals surface area contributed by atoms with Crippen molar-refractivity contribution in [2.45, 2.75) is 11.8 Å². The van der Waals surface area contributed by atoms with Gasteiger partial charge in [0.1, 0.15) is 5.70 Å². The number of hydrogen-bond acceptors (Lipinski definition) is 6. The van der Waals surface area contributed by atoms with E-state index in [1.807, 2.05) is 0 Å². The number of nitrogens with zero attached hydrogens (tertiary/aromatic N) is 1. The molecule has 19 heavy (non-hydrogen) atoms. The molecule has 2 aliphatic rings. The van der Waals surface area contributed by atoms with E-state index in [0.29, 0.717) is 0 Å². The molecule has 1 saturated heterocycles. The smallest absolute Gasteiger partial charge is 0.352 e. The van der Waals surface area contributed by atoms with Crippen LogP contribution in [0.5, 0.6) is 5.75 Å². The van der Waals surface area contributed by atoms with Crippen molar-refractivity contribution in [2.75, 3.05) is 5.75 Å². The third kappa shape index (κ3) is 1.40. The minimum atomic E-state index is -1.35. The highest BCUT2D eigenvalue weighted by Crippen LogP contribution is 2.43. The maximum Gasteiger partial charge on any atom is 0.352 e. The molecule has 1 aromatic rings. The third-order valence-corrected chi connectivity index (χ3v) is 4.46. The van der Waals surface area contributed by atoms with Gasteiger partial charge in [-0.05, 0) is 0 Å². The fourth-order valence-electron chi connectivity index (χ4n) is 2.26. The predicted octanol–water partition coefficient (Wildman–Crippen LogP) is -0.911. The number of β-lactam (4-membered cyclic amide) rings is 1. The molecule has 1 atom stereocenters. The summed E-state index contributed by atoms with van der Waals surface area (Å²) in [4.78, 5) is 46.3. The zero-order valence-electron chi connectivity index (χ0n) is 9.37. The van der Waals surface area contributed by atoms with E-state index in [1.54, 1.807) is 0 Å². The zero-order chi connectivity index (χ0) is 13.9. The summed E-state index contributed by atoms with van der Waals surface area (Å²) in [6, 6.07) is 0. The molecule has 7 nitrogen and oxygen atoms in total. The molecule has 8 heteroatoms. The Bertz CT molecular complexity index is 726. The molecule has 98 valence electrons. The van der Waals surface area contributed by atoms with Crippen LogP contribution in [0, 0.1) is 0 Å². The molecule has 0 saturated carbocycles. The topological polar surface area (TPSA) is 112 Å². The molecule has 0 bridgehead atoms. The van der Waals surface area contributed by atoms with Crippen molar-refractivity contribution in [3.05, 3.63) is 31.7 Å². The van der Waals surface area contributed by atoms with Crippen molar-refractivity contribution in [1.29, 1.82) is 0 Å². The van der Waals surface area contributed by atoms with Crippen LogP contribution < -0.4 is 10.9 Å². The van der Waals surface area contributed by atoms with Gasteiger partial charge in [-0.15, -0.1) is 11.8 Å². The molecule has 2 heterocycles. The van der Waals surface area contributed by atoms with Gasteiger partial charge in [0.2, 0.25) is 11.3 Å². The third-order valence-electron chi connectivity index (χ3n) is 3.24. The van der Waals surface area contributed by atoms with Crippen LogP contribution in [-0.4, -0.2) is 38.1 Å². The largest absolute Gasteiger partial charge is 0.503 e. The van der Waals surface area contributed by atoms with E-state index in [1.165, 1.54) is 11.8 Å². The van der Waals surface area contributed by atoms with Crippen LogP contribution in [0.25, 0.3) is 5.57 Å². The fraction of sp³-hybridized carbons (Fsp3) is 0.273. The molecule has 2 N–H and O–H groups in total. The number of rotatable bonds is 2. The maximum atomic E-state index is 11.5. The SMILES string of the molecule is O=C(O)C1=C(c2c(O)c(=O)c2=O)CS[C@@H]2CC(=O)N12. The molecule has 1 fully saturated rings. The monoisotopic (exact) mass is 281 g/mol. The van der Waals surface area contributed by atoms with E-state index in [0.717, 1.165) is 4.90 Å². The summed E-state index contributed by atoms with van der Waals surface area (Å²) in [5, 5.41) is 18.4. The van der Waals surface area contributed by atoms with Crippen LogP contribution >= 0.6 is 11.8 Å². The summed E-state index contributed by atoms with van der Waals surface area (Å²) in [6.07, 6.45) is 0.257. The summed E-state index contributed by atoms with van der Waals surface area (Å²) in [7, 11) is 0. The number of aliphatic carboxylic acids is 1. The lowest BCUT2D eigenvalue weighted by Crippen LogP contribution is -2.54. The van der Waals surface area contributed by atoms with E-state index in [2.05, 4.69) is 0 Å². The minimum Gasteiger partial charge on any atom is -0.503 e. The molecule has 3 rings (SSSR count). The van der Waals surface area contributed by atoms with Gasteiger partial charge in [0.05, 0.1) is 17.4 Å². The number of fused-ring (bicyclic) bond motifs is 1. The highest BCUT2D eigenvalue weighted by Gasteiger charge is 2.46. The van der Waals surface area contributed by atoms with E-state index in [9.17, 15) is 29.4 Å². The van der Waals surface area contributed by atoms with Crippen molar-refractivity contribution < 1.29 is 19.8 Å². The number of carboxylic acids is 1. The number of aromatic hydroxyl groups is 1. The van der Waals surface area contributed by atoms with Crippen LogP contribution in [-0.2, 0) is 9.59 Å². The predicted molar refractivity (Wildman–Crippen MR) is 65.3 cm³/mol. The summed E-state index contributed by atoms with van der Waals surface area (Å²) < 4.78 is 0. The lowest BCUT2D eigenvalue weighted by Gasteiger charge is -2.44. The Morgan fingerprint density at radius 1 is 1.26 bits per heavy atom. The van der Waals surface area contributed by atoms with E-state index < -0.39 is 22.6 Å². The number of carbonyl (C=O) groups excluding carboxylic acids is 1. The van der Waals surface area contributed by atoms with Crippen molar-refractivity contribution >= 4 is 29.2 Å². The van der Waals surface area contributed by atoms with Crippen LogP contribution in [0.1, 0.15) is 12.0 Å². The molecule has 0 radical (unpaired) electrons. The van der Waals surface area contributed by atoms with Gasteiger partial charge in [-0.3, -0.25) is 19.3 Å². The Labute approximate surface area is 109 Å². The second-order valence-electron chi connectivity index (χ2n) is 4.25. The first kappa shape index (κ1) is 12.0. The van der Waals surface area contributed by atoms with Crippen molar-refractivity contribution in [2.24, 2.45) is 0 Å². The Kier molecular flexibility index (Phi) is 2.33. The van der Waals surface area contributed by atoms with E-state index in [4.69, 9.17) is 0 Å². The van der Waals surface area contributed by atoms with Crippen LogP contribution in [0.2, 0.25) is 0 Å². The van der Waals surface area contributed by atoms with Gasteiger partial charge in [0, 0.05) is 11.3 Å². The molecular weight excluding hydrogens is 274 g/mol. The Hall–Kier alpha value is -2.09. The number of carbonyl (C=O) groups is 2. The zero-order valence-corrected chi connectivity index (χ0v) is 10.2. The van der Waals surface area contributed by atoms with Crippen molar-refractivity contribution in [3.63, 3.8) is 0 Å². The Morgan fingerprint density at radius 2 is 1.95 bits per heavy atom. The molecule has 1 aromatic carbocycles. The van der Waals surface area contributed by atoms with Gasteiger partial charge in [-0.2, -0.15) is 0 Å². The summed E-state index contributed by atoms with van der Waals surface area (Å²) in [5.41, 5.74) is -2.45. The van der Waals surface area contributed by atoms with Crippen LogP contribution in [0.15, 0.2) is 15.3 Å². The van der Waals surface area contributed by atoms with Gasteiger partial charge < -0.3 is 10.2 Å². The maximum absolute atomic E-state index is 11.5. The van der Waals surface area contributed by atoms with E-state index >= 15 is 0 Å². The average molecular weight is 281 g/mol. The first-order valence-electron chi connectivity index (χ1n) is 5.36. The Morgan fingerprint density at radius 3 is 2.47 bits per heavy atom. The lowest BCUT2D eigenvalue weighted by atomic mass is 9.97. The van der Waals surface area contributed by atoms with Gasteiger partial charge in [0.15, 0.2) is 5.75 Å². The van der Waals surface area contributed by atoms with Gasteiger partial charge >= 0.3 is 5.97 Å². The van der Waals surface area contributed by atoms with Crippen LogP contribution in [0.3, 0.4) is 0 Å². The second-order valence-corrected chi connectivity index (χ2v) is 5.41. The normalized spacial score (nSPS) is 22.4. The molecule has 0 aromatic heterocycles. The van der Waals surface area contributed by atoms with Crippen molar-refractivity contribution in [1.82, 2.24) is 4.90 Å². The van der Waals surface area contributed by atoms with Gasteiger partial charge in [-0.1, -0.05) is 0 Å². The summed E-state index contributed by atoms with van der Waals surface area (Å²) >= 11 is 1.30. The average Bonchev–Trinajstić information content (AvgIpc) is 2.37. The highest BCUT2D eigenvalue weighted by atomic mass is 32.2. The van der Waals surface area contributed by atoms with Gasteiger partial charge in [-0.25, -0.2) is 4.79 Å². The first-order chi connectivity index (χ1) is 8.93. The molecule has 2 aliphatic heterocycles. The highest BCUT2D eigenvalue weighted by molar-refractivity contribution is 8.00. The molecule has 0 spiro atoms. The first-order valence-corrected chi connectivity index (χ1v) is 6.41. The molecule has 0 unspecified atom stereocenters. The molecule has 0 aliphatic carbocycles. The number of amides is 1. The summed E-state index contributed by atoms with van der Waals surface area (Å²) in [6.45, 7) is 0. The Balaban J connectivity index is 2.19. The fourth-order valence-corrected chi connectivity index (χ4v) is 3.54. The standard InChI is InChI=1S/C11H7NO6S/c13-4-1-5-12(4)7(11(17)18)3(2-19-5)6-8(14)10(16)9(6)15/h5,14H,1-2H2,(H,17,18)/t5-/m1/s1. The van der Waals surface area contributed by atoms with Crippen molar-refractivity contribution in [3.8, 4) is 5.75 Å². The summed E-state index contributed by atoms with van der Waals surface area (Å²) in [5.74, 6) is -2.23. The number of carboxylic acid groups (broad SMARTS) is 1. The molecular formula is C11H7NO6S. The second kappa shape index (κ2) is 3.70. The number of thioether (sulfide) groups is 1. The lowest BCUT2D eigenvalue weighted by molar-refractivity contribution is -0.145. The van der Waals surface area contributed by atoms with E-state index in [-0.39, 0.29) is 40.3 Å². The molecule has 1 amide bonds. The number of hydrogen-bond donors (Lipinski definition) is 2. The minimum absolute atomic E-state index is 0.0453. The quantitative estimate of drug-likeness (QED) is 0.533.